The summed E-state index contributed by atoms with van der Waals surface area (Å²) in [6.45, 7) is 2.02. The number of rotatable bonds is 2. The largest absolute Gasteiger partial charge is 0.423 e. The summed E-state index contributed by atoms with van der Waals surface area (Å²) < 4.78 is 5.84. The lowest BCUT2D eigenvalue weighted by Gasteiger charge is -2.12. The minimum Gasteiger partial charge on any atom is -0.423 e. The van der Waals surface area contributed by atoms with E-state index in [1.165, 1.54) is 12.0 Å². The van der Waals surface area contributed by atoms with Gasteiger partial charge >= 0.3 is 0 Å². The van der Waals surface area contributed by atoms with Crippen molar-refractivity contribution < 1.29 is 4.42 Å². The number of thiophene rings is 1. The monoisotopic (exact) mass is 270 g/mol. The highest BCUT2D eigenvalue weighted by Crippen LogP contribution is 2.32. The van der Waals surface area contributed by atoms with Gasteiger partial charge in [-0.05, 0) is 40.9 Å². The van der Waals surface area contributed by atoms with Crippen LogP contribution in [0.3, 0.4) is 0 Å². The van der Waals surface area contributed by atoms with Gasteiger partial charge in [0.2, 0.25) is 0 Å². The smallest absolute Gasteiger partial charge is 0.298 e. The molecule has 0 bridgehead atoms. The lowest BCUT2D eigenvalue weighted by Crippen LogP contribution is -2.19. The van der Waals surface area contributed by atoms with E-state index in [4.69, 9.17) is 4.42 Å². The Balaban J connectivity index is 1.60. The van der Waals surface area contributed by atoms with Crippen LogP contribution in [0.2, 0.25) is 0 Å². The Hall–Kier alpha value is -1.81. The Morgan fingerprint density at radius 1 is 1.26 bits per heavy atom. The van der Waals surface area contributed by atoms with E-state index in [1.54, 1.807) is 11.3 Å². The van der Waals surface area contributed by atoms with Gasteiger partial charge in [0.15, 0.2) is 5.58 Å². The molecule has 2 aromatic heterocycles. The van der Waals surface area contributed by atoms with Gasteiger partial charge in [-0.1, -0.05) is 12.1 Å². The quantitative estimate of drug-likeness (QED) is 0.707. The molecule has 1 unspecified atom stereocenters. The average Bonchev–Trinajstić information content (AvgIpc) is 3.17. The highest BCUT2D eigenvalue weighted by atomic mass is 32.1. The van der Waals surface area contributed by atoms with Crippen LogP contribution in [0.15, 0.2) is 45.5 Å². The van der Waals surface area contributed by atoms with Crippen LogP contribution in [-0.2, 0) is 0 Å². The summed E-state index contributed by atoms with van der Waals surface area (Å²) >= 11 is 1.77. The molecule has 0 saturated carbocycles. The number of oxazole rings is 1. The molecule has 1 fully saturated rings. The molecule has 3 heterocycles. The average molecular weight is 270 g/mol. The predicted octanol–water partition coefficient (Wildman–Crippen LogP) is 3.88. The molecule has 0 aliphatic carbocycles. The third-order valence-corrected chi connectivity index (χ3v) is 4.46. The first-order chi connectivity index (χ1) is 9.40. The number of hydrogen-bond acceptors (Lipinski definition) is 4. The van der Waals surface area contributed by atoms with Gasteiger partial charge in [0.05, 0.1) is 0 Å². The van der Waals surface area contributed by atoms with Crippen LogP contribution in [0, 0.1) is 0 Å². The Morgan fingerprint density at radius 2 is 2.21 bits per heavy atom. The Kier molecular flexibility index (Phi) is 2.55. The first kappa shape index (κ1) is 11.1. The van der Waals surface area contributed by atoms with Crippen molar-refractivity contribution in [3.63, 3.8) is 0 Å². The van der Waals surface area contributed by atoms with Crippen molar-refractivity contribution in [1.29, 1.82) is 0 Å². The van der Waals surface area contributed by atoms with Crippen LogP contribution < -0.4 is 4.90 Å². The molecule has 1 aromatic carbocycles. The van der Waals surface area contributed by atoms with Gasteiger partial charge in [-0.3, -0.25) is 0 Å². The Morgan fingerprint density at radius 3 is 3.05 bits per heavy atom. The zero-order chi connectivity index (χ0) is 12.7. The second kappa shape index (κ2) is 4.38. The van der Waals surface area contributed by atoms with Crippen LogP contribution in [0.4, 0.5) is 6.01 Å². The molecule has 0 amide bonds. The van der Waals surface area contributed by atoms with Gasteiger partial charge in [0.25, 0.3) is 6.01 Å². The number of nitrogens with zero attached hydrogens (tertiary/aromatic N) is 2. The van der Waals surface area contributed by atoms with E-state index in [2.05, 4.69) is 26.7 Å². The summed E-state index contributed by atoms with van der Waals surface area (Å²) in [5.41, 5.74) is 3.26. The second-order valence-corrected chi connectivity index (χ2v) is 5.73. The highest BCUT2D eigenvalue weighted by molar-refractivity contribution is 7.07. The molecule has 1 aliphatic heterocycles. The van der Waals surface area contributed by atoms with E-state index in [-0.39, 0.29) is 0 Å². The molecule has 0 N–H and O–H groups in total. The topological polar surface area (TPSA) is 29.3 Å². The van der Waals surface area contributed by atoms with Gasteiger partial charge < -0.3 is 9.32 Å². The van der Waals surface area contributed by atoms with Crippen molar-refractivity contribution in [2.24, 2.45) is 0 Å². The van der Waals surface area contributed by atoms with Crippen LogP contribution in [0.25, 0.3) is 11.1 Å². The fraction of sp³-hybridized carbons (Fsp3) is 0.267. The molecule has 19 heavy (non-hydrogen) atoms. The Bertz CT molecular complexity index is 656. The standard InChI is InChI=1S/C15H14N2OS/c1-2-4-14-13(3-1)16-15(18-14)17-7-5-11(9-17)12-6-8-19-10-12/h1-4,6,8,10-11H,5,7,9H2. The van der Waals surface area contributed by atoms with E-state index < -0.39 is 0 Å². The number of hydrogen-bond donors (Lipinski definition) is 0. The van der Waals surface area contributed by atoms with E-state index in [0.29, 0.717) is 5.92 Å². The maximum absolute atomic E-state index is 5.84. The minimum absolute atomic E-state index is 0.612. The SMILES string of the molecule is c1ccc2oc(N3CCC(c4ccsc4)C3)nc2c1. The zero-order valence-corrected chi connectivity index (χ0v) is 11.3. The van der Waals surface area contributed by atoms with Crippen LogP contribution in [0.1, 0.15) is 17.9 Å². The van der Waals surface area contributed by atoms with Crippen molar-refractivity contribution >= 4 is 28.5 Å². The summed E-state index contributed by atoms with van der Waals surface area (Å²) in [4.78, 5) is 6.82. The molecule has 1 saturated heterocycles. The van der Waals surface area contributed by atoms with Crippen molar-refractivity contribution in [2.75, 3.05) is 18.0 Å². The van der Waals surface area contributed by atoms with Crippen molar-refractivity contribution in [1.82, 2.24) is 4.98 Å². The van der Waals surface area contributed by atoms with Gasteiger partial charge in [0.1, 0.15) is 5.52 Å². The van der Waals surface area contributed by atoms with Gasteiger partial charge in [-0.25, -0.2) is 0 Å². The lowest BCUT2D eigenvalue weighted by molar-refractivity contribution is 0.584. The summed E-state index contributed by atoms with van der Waals surface area (Å²) in [6.07, 6.45) is 1.18. The number of fused-ring (bicyclic) bond motifs is 1. The van der Waals surface area contributed by atoms with E-state index in [9.17, 15) is 0 Å². The van der Waals surface area contributed by atoms with Crippen molar-refractivity contribution in [3.05, 3.63) is 46.7 Å². The molecule has 0 radical (unpaired) electrons. The number of aromatic nitrogens is 1. The fourth-order valence-corrected chi connectivity index (χ4v) is 3.45. The normalized spacial score (nSPS) is 19.4. The molecule has 96 valence electrons. The third-order valence-electron chi connectivity index (χ3n) is 3.76. The maximum Gasteiger partial charge on any atom is 0.298 e. The molecule has 3 nitrogen and oxygen atoms in total. The predicted molar refractivity (Wildman–Crippen MR) is 77.9 cm³/mol. The zero-order valence-electron chi connectivity index (χ0n) is 10.5. The molecular formula is C15H14N2OS. The first-order valence-corrected chi connectivity index (χ1v) is 7.47. The van der Waals surface area contributed by atoms with Gasteiger partial charge in [-0.15, -0.1) is 0 Å². The van der Waals surface area contributed by atoms with Crippen LogP contribution in [-0.4, -0.2) is 18.1 Å². The van der Waals surface area contributed by atoms with E-state index in [1.807, 2.05) is 24.3 Å². The van der Waals surface area contributed by atoms with Gasteiger partial charge in [-0.2, -0.15) is 16.3 Å². The molecule has 1 aliphatic rings. The summed E-state index contributed by atoms with van der Waals surface area (Å²) in [7, 11) is 0. The molecular weight excluding hydrogens is 256 g/mol. The maximum atomic E-state index is 5.84. The number of para-hydroxylation sites is 2. The second-order valence-electron chi connectivity index (χ2n) is 4.95. The summed E-state index contributed by atoms with van der Waals surface area (Å²) in [5, 5.41) is 4.40. The Labute approximate surface area is 115 Å². The van der Waals surface area contributed by atoms with E-state index >= 15 is 0 Å². The van der Waals surface area contributed by atoms with Crippen LogP contribution >= 0.6 is 11.3 Å². The summed E-state index contributed by atoms with van der Waals surface area (Å²) in [6, 6.07) is 10.9. The number of benzene rings is 1. The third kappa shape index (κ3) is 1.92. The van der Waals surface area contributed by atoms with E-state index in [0.717, 1.165) is 30.2 Å². The highest BCUT2D eigenvalue weighted by Gasteiger charge is 2.27. The molecule has 3 aromatic rings. The van der Waals surface area contributed by atoms with Gasteiger partial charge in [0, 0.05) is 19.0 Å². The van der Waals surface area contributed by atoms with Crippen molar-refractivity contribution in [2.45, 2.75) is 12.3 Å². The first-order valence-electron chi connectivity index (χ1n) is 6.53. The lowest BCUT2D eigenvalue weighted by atomic mass is 10.0. The molecule has 1 atom stereocenters. The number of anilines is 1. The fourth-order valence-electron chi connectivity index (χ4n) is 2.71. The van der Waals surface area contributed by atoms with Crippen molar-refractivity contribution in [3.8, 4) is 0 Å². The minimum atomic E-state index is 0.612. The molecule has 4 rings (SSSR count). The molecule has 0 spiro atoms. The summed E-state index contributed by atoms with van der Waals surface area (Å²) in [5.74, 6) is 0.612. The van der Waals surface area contributed by atoms with Crippen LogP contribution in [0.5, 0.6) is 0 Å². The molecule has 4 heteroatoms.